The molecule has 5 aliphatic carbocycles. The summed E-state index contributed by atoms with van der Waals surface area (Å²) >= 11 is 0. The van der Waals surface area contributed by atoms with Gasteiger partial charge >= 0.3 is 5.97 Å². The van der Waals surface area contributed by atoms with Crippen molar-refractivity contribution in [3.05, 3.63) is 34.8 Å². The van der Waals surface area contributed by atoms with Gasteiger partial charge in [0.25, 0.3) is 0 Å². The molecule has 0 aliphatic heterocycles. The van der Waals surface area contributed by atoms with Crippen molar-refractivity contribution < 1.29 is 24.2 Å². The van der Waals surface area contributed by atoms with Gasteiger partial charge in [-0.2, -0.15) is 0 Å². The van der Waals surface area contributed by atoms with Gasteiger partial charge in [-0.25, -0.2) is 4.85 Å². The molecule has 0 aromatic rings. The van der Waals surface area contributed by atoms with Gasteiger partial charge in [0, 0.05) is 17.3 Å². The van der Waals surface area contributed by atoms with Crippen molar-refractivity contribution in [2.45, 2.75) is 85.7 Å². The highest BCUT2D eigenvalue weighted by Gasteiger charge is 2.69. The number of ketones is 2. The molecular weight excluding hydrogens is 466 g/mol. The van der Waals surface area contributed by atoms with Crippen LogP contribution >= 0.6 is 0 Å². The Hall–Kier alpha value is -2.26. The first-order valence-electron chi connectivity index (χ1n) is 13.8. The molecule has 0 radical (unpaired) electrons. The zero-order chi connectivity index (χ0) is 27.3. The molecule has 0 aromatic carbocycles. The summed E-state index contributed by atoms with van der Waals surface area (Å²) in [6.45, 7) is 20.1. The molecule has 1 N–H and O–H groups in total. The number of ether oxygens (including phenoxy) is 1. The van der Waals surface area contributed by atoms with Gasteiger partial charge in [-0.15, -0.1) is 0 Å². The van der Waals surface area contributed by atoms with E-state index in [0.29, 0.717) is 6.42 Å². The lowest BCUT2D eigenvalue weighted by molar-refractivity contribution is -0.174. The SMILES string of the molecule is [C-]#[N+]C1=C[C@]2(C)C3=CC(=O)[C@@H]4[C@@H]5CC(C)(C)C[C@@H](C(=O)OC)C5CC[C@@]4(C)[C@]3(C)CC[C@H]2[C@@](C)(O)C1=O. The van der Waals surface area contributed by atoms with Crippen molar-refractivity contribution in [1.82, 2.24) is 0 Å². The number of Topliss-reactive ketones (excluding diaryl/α,β-unsaturated/α-hetero) is 1. The van der Waals surface area contributed by atoms with Gasteiger partial charge in [0.15, 0.2) is 11.6 Å². The molecule has 0 aromatic heterocycles. The van der Waals surface area contributed by atoms with Crippen LogP contribution in [0.3, 0.4) is 0 Å². The summed E-state index contributed by atoms with van der Waals surface area (Å²) in [5.74, 6) is -1.11. The number of carbonyl (C=O) groups excluding carboxylic acids is 3. The van der Waals surface area contributed by atoms with E-state index >= 15 is 0 Å². The van der Waals surface area contributed by atoms with E-state index in [1.54, 1.807) is 6.08 Å². The van der Waals surface area contributed by atoms with Crippen LogP contribution in [0.4, 0.5) is 0 Å². The van der Waals surface area contributed by atoms with Crippen molar-refractivity contribution in [2.24, 2.45) is 51.2 Å². The summed E-state index contributed by atoms with van der Waals surface area (Å²) < 4.78 is 5.23. The summed E-state index contributed by atoms with van der Waals surface area (Å²) in [6, 6.07) is 0. The molecule has 0 heterocycles. The topological polar surface area (TPSA) is 85.0 Å². The van der Waals surface area contributed by atoms with Crippen LogP contribution in [0.2, 0.25) is 0 Å². The van der Waals surface area contributed by atoms with Crippen LogP contribution in [0.25, 0.3) is 4.85 Å². The van der Waals surface area contributed by atoms with Gasteiger partial charge in [-0.3, -0.25) is 9.59 Å². The first-order chi connectivity index (χ1) is 17.1. The number of methoxy groups -OCH3 is 1. The maximum atomic E-state index is 14.2. The molecule has 200 valence electrons. The molecular formula is C31H41NO5. The van der Waals surface area contributed by atoms with Crippen molar-refractivity contribution in [3.8, 4) is 0 Å². The zero-order valence-electron chi connectivity index (χ0n) is 23.3. The molecule has 0 bridgehead atoms. The van der Waals surface area contributed by atoms with Crippen LogP contribution in [0.15, 0.2) is 23.4 Å². The van der Waals surface area contributed by atoms with E-state index < -0.39 is 16.8 Å². The number of rotatable bonds is 1. The van der Waals surface area contributed by atoms with E-state index in [2.05, 4.69) is 32.5 Å². The highest BCUT2D eigenvalue weighted by molar-refractivity contribution is 6.05. The molecule has 5 rings (SSSR count). The standard InChI is InChI=1S/C31H41NO5/c1-27(2)14-18-17(19(15-27)26(35)37-8)9-11-30(5)24(18)21(33)13-23-28(3)16-20(32-7)25(34)31(6,36)22(28)10-12-29(23,30)4/h13,16-19,22,24,36H,9-12,14-15H2,1-6,8H3/t17?,18-,19-,22-,24+,28+,29-,30-,31-/m1/s1. The first kappa shape index (κ1) is 26.4. The quantitative estimate of drug-likeness (QED) is 0.384. The Morgan fingerprint density at radius 2 is 1.73 bits per heavy atom. The average molecular weight is 508 g/mol. The summed E-state index contributed by atoms with van der Waals surface area (Å²) in [7, 11) is 1.46. The number of aliphatic hydroxyl groups is 1. The number of nitrogens with zero attached hydrogens (tertiary/aromatic N) is 1. The summed E-state index contributed by atoms with van der Waals surface area (Å²) in [5.41, 5.74) is -2.19. The van der Waals surface area contributed by atoms with E-state index in [0.717, 1.165) is 37.7 Å². The molecule has 1 unspecified atom stereocenters. The Labute approximate surface area is 220 Å². The van der Waals surface area contributed by atoms with E-state index in [4.69, 9.17) is 11.3 Å². The summed E-state index contributed by atoms with van der Waals surface area (Å²) in [5, 5.41) is 11.4. The second kappa shape index (κ2) is 7.88. The lowest BCUT2D eigenvalue weighted by Crippen LogP contribution is -2.65. The van der Waals surface area contributed by atoms with Crippen LogP contribution in [0.5, 0.6) is 0 Å². The maximum Gasteiger partial charge on any atom is 0.308 e. The molecule has 3 fully saturated rings. The van der Waals surface area contributed by atoms with E-state index in [1.165, 1.54) is 14.0 Å². The lowest BCUT2D eigenvalue weighted by atomic mass is 9.36. The van der Waals surface area contributed by atoms with Crippen molar-refractivity contribution in [1.29, 1.82) is 0 Å². The number of hydrogen-bond donors (Lipinski definition) is 1. The Morgan fingerprint density at radius 1 is 1.05 bits per heavy atom. The van der Waals surface area contributed by atoms with Crippen LogP contribution in [0, 0.1) is 57.8 Å². The minimum atomic E-state index is -1.65. The minimum Gasteiger partial charge on any atom is -0.469 e. The fourth-order valence-electron chi connectivity index (χ4n) is 10.0. The lowest BCUT2D eigenvalue weighted by Gasteiger charge is -2.67. The second-order valence-electron chi connectivity index (χ2n) is 14.2. The van der Waals surface area contributed by atoms with Crippen LogP contribution in [-0.2, 0) is 19.1 Å². The summed E-state index contributed by atoms with van der Waals surface area (Å²) in [6.07, 6.45) is 8.38. The van der Waals surface area contributed by atoms with Gasteiger partial charge in [0.2, 0.25) is 5.70 Å². The third-order valence-corrected chi connectivity index (χ3v) is 11.9. The minimum absolute atomic E-state index is 0.0349. The van der Waals surface area contributed by atoms with Crippen molar-refractivity contribution in [3.63, 3.8) is 0 Å². The number of hydrogen-bond acceptors (Lipinski definition) is 5. The monoisotopic (exact) mass is 507 g/mol. The molecule has 0 spiro atoms. The van der Waals surface area contributed by atoms with Gasteiger partial charge < -0.3 is 14.6 Å². The van der Waals surface area contributed by atoms with Gasteiger partial charge in [-0.05, 0) is 79.6 Å². The molecule has 37 heavy (non-hydrogen) atoms. The highest BCUT2D eigenvalue weighted by atomic mass is 16.5. The Kier molecular flexibility index (Phi) is 5.61. The second-order valence-corrected chi connectivity index (χ2v) is 14.2. The highest BCUT2D eigenvalue weighted by Crippen LogP contribution is 2.72. The van der Waals surface area contributed by atoms with E-state index in [-0.39, 0.29) is 63.3 Å². The number of carbonyl (C=O) groups is 3. The predicted molar refractivity (Wildman–Crippen MR) is 139 cm³/mol. The average Bonchev–Trinajstić information content (AvgIpc) is 2.81. The maximum absolute atomic E-state index is 14.2. The Morgan fingerprint density at radius 3 is 2.35 bits per heavy atom. The fourth-order valence-corrected chi connectivity index (χ4v) is 10.0. The zero-order valence-corrected chi connectivity index (χ0v) is 23.3. The van der Waals surface area contributed by atoms with Crippen molar-refractivity contribution >= 4 is 17.5 Å². The van der Waals surface area contributed by atoms with Crippen LogP contribution in [0.1, 0.15) is 80.1 Å². The van der Waals surface area contributed by atoms with E-state index in [9.17, 15) is 19.5 Å². The molecule has 6 nitrogen and oxygen atoms in total. The van der Waals surface area contributed by atoms with E-state index in [1.807, 2.05) is 13.0 Å². The normalized spacial score (nSPS) is 48.2. The number of esters is 1. The van der Waals surface area contributed by atoms with Gasteiger partial charge in [-0.1, -0.05) is 46.3 Å². The number of allylic oxidation sites excluding steroid dienone is 3. The largest absolute Gasteiger partial charge is 0.469 e. The number of fused-ring (bicyclic) bond motifs is 7. The van der Waals surface area contributed by atoms with Crippen molar-refractivity contribution in [2.75, 3.05) is 7.11 Å². The summed E-state index contributed by atoms with van der Waals surface area (Å²) in [4.78, 5) is 43.5. The molecule has 9 atom stereocenters. The van der Waals surface area contributed by atoms with Gasteiger partial charge in [0.1, 0.15) is 5.60 Å². The predicted octanol–water partition coefficient (Wildman–Crippen LogP) is 5.31. The molecule has 3 saturated carbocycles. The van der Waals surface area contributed by atoms with Gasteiger partial charge in [0.05, 0.1) is 19.6 Å². The fraction of sp³-hybridized carbons (Fsp3) is 0.742. The van der Waals surface area contributed by atoms with Crippen LogP contribution in [-0.4, -0.2) is 35.4 Å². The van der Waals surface area contributed by atoms with Crippen LogP contribution < -0.4 is 0 Å². The molecule has 6 heteroatoms. The third-order valence-electron chi connectivity index (χ3n) is 11.9. The first-order valence-corrected chi connectivity index (χ1v) is 13.8. The third kappa shape index (κ3) is 3.28. The smallest absolute Gasteiger partial charge is 0.308 e. The molecule has 0 amide bonds. The molecule has 0 saturated heterocycles. The Bertz CT molecular complexity index is 1190. The Balaban J connectivity index is 1.66. The molecule has 5 aliphatic rings.